The van der Waals surface area contributed by atoms with Crippen molar-refractivity contribution in [3.8, 4) is 5.75 Å². The predicted octanol–water partition coefficient (Wildman–Crippen LogP) is 0.871. The molecule has 1 amide bonds. The van der Waals surface area contributed by atoms with E-state index in [1.807, 2.05) is 0 Å². The molecule has 2 N–H and O–H groups in total. The zero-order valence-electron chi connectivity index (χ0n) is 11.0. The van der Waals surface area contributed by atoms with Crippen molar-refractivity contribution in [3.63, 3.8) is 0 Å². The fourth-order valence-electron chi connectivity index (χ4n) is 1.52. The van der Waals surface area contributed by atoms with Crippen molar-refractivity contribution in [1.82, 2.24) is 5.32 Å². The van der Waals surface area contributed by atoms with Crippen molar-refractivity contribution in [2.45, 2.75) is 19.9 Å². The quantitative estimate of drug-likeness (QED) is 0.590. The highest BCUT2D eigenvalue weighted by Gasteiger charge is 2.19. The summed E-state index contributed by atoms with van der Waals surface area (Å²) in [6.45, 7) is 2.48. The van der Waals surface area contributed by atoms with Crippen LogP contribution in [0.5, 0.6) is 5.75 Å². The summed E-state index contributed by atoms with van der Waals surface area (Å²) in [5.41, 5.74) is 0.355. The Balaban J connectivity index is 2.73. The number of carboxylic acid groups (broad SMARTS) is 1. The van der Waals surface area contributed by atoms with E-state index in [-0.39, 0.29) is 12.3 Å². The summed E-state index contributed by atoms with van der Waals surface area (Å²) >= 11 is 0. The minimum absolute atomic E-state index is 0.0472. The van der Waals surface area contributed by atoms with Gasteiger partial charge in [0.05, 0.1) is 4.92 Å². The number of benzene rings is 1. The summed E-state index contributed by atoms with van der Waals surface area (Å²) < 4.78 is 5.23. The Bertz CT molecular complexity index is 543. The Morgan fingerprint density at radius 2 is 2.15 bits per heavy atom. The average molecular weight is 282 g/mol. The van der Waals surface area contributed by atoms with Gasteiger partial charge in [0.25, 0.3) is 5.69 Å². The second-order valence-electron chi connectivity index (χ2n) is 4.11. The van der Waals surface area contributed by atoms with Crippen LogP contribution in [0.15, 0.2) is 18.2 Å². The number of rotatable bonds is 6. The van der Waals surface area contributed by atoms with Crippen molar-refractivity contribution in [1.29, 1.82) is 0 Å². The summed E-state index contributed by atoms with van der Waals surface area (Å²) in [4.78, 5) is 31.9. The number of nitro groups is 1. The lowest BCUT2D eigenvalue weighted by Gasteiger charge is -2.14. The molecular formula is C12H14N2O6. The zero-order chi connectivity index (χ0) is 15.3. The fraction of sp³-hybridized carbons (Fsp3) is 0.333. The monoisotopic (exact) mass is 282 g/mol. The normalized spacial score (nSPS) is 11.5. The molecule has 0 saturated heterocycles. The van der Waals surface area contributed by atoms with Gasteiger partial charge in [-0.2, -0.15) is 0 Å². The van der Waals surface area contributed by atoms with Crippen LogP contribution in [0.25, 0.3) is 0 Å². The number of carboxylic acids is 1. The zero-order valence-corrected chi connectivity index (χ0v) is 11.0. The third-order valence-corrected chi connectivity index (χ3v) is 2.46. The van der Waals surface area contributed by atoms with Crippen LogP contribution in [0, 0.1) is 17.0 Å². The van der Waals surface area contributed by atoms with Crippen LogP contribution in [-0.4, -0.2) is 34.6 Å². The number of aryl methyl sites for hydroxylation is 1. The van der Waals surface area contributed by atoms with Gasteiger partial charge < -0.3 is 15.2 Å². The van der Waals surface area contributed by atoms with Crippen molar-refractivity contribution in [2.24, 2.45) is 0 Å². The maximum Gasteiger partial charge on any atom is 0.329 e. The molecule has 0 heterocycles. The molecule has 1 aromatic carbocycles. The Morgan fingerprint density at radius 3 is 2.60 bits per heavy atom. The topological polar surface area (TPSA) is 119 Å². The van der Waals surface area contributed by atoms with Crippen molar-refractivity contribution in [2.75, 3.05) is 6.61 Å². The Morgan fingerprint density at radius 1 is 1.50 bits per heavy atom. The lowest BCUT2D eigenvalue weighted by atomic mass is 10.2. The molecule has 0 spiro atoms. The average Bonchev–Trinajstić information content (AvgIpc) is 2.33. The fourth-order valence-corrected chi connectivity index (χ4v) is 1.52. The molecule has 0 fully saturated rings. The van der Waals surface area contributed by atoms with Gasteiger partial charge in [0.2, 0.25) is 5.91 Å². The van der Waals surface area contributed by atoms with E-state index in [0.717, 1.165) is 0 Å². The third kappa shape index (κ3) is 4.23. The van der Waals surface area contributed by atoms with Gasteiger partial charge in [-0.3, -0.25) is 14.9 Å². The molecule has 8 heteroatoms. The lowest BCUT2D eigenvalue weighted by molar-refractivity contribution is -0.385. The predicted molar refractivity (Wildman–Crippen MR) is 68.6 cm³/mol. The first-order valence-electron chi connectivity index (χ1n) is 5.69. The minimum Gasteiger partial charge on any atom is -0.491 e. The van der Waals surface area contributed by atoms with Gasteiger partial charge >= 0.3 is 5.97 Å². The van der Waals surface area contributed by atoms with Gasteiger partial charge in [0.1, 0.15) is 12.4 Å². The van der Waals surface area contributed by atoms with Crippen LogP contribution in [0.1, 0.15) is 12.5 Å². The van der Waals surface area contributed by atoms with Gasteiger partial charge in [0.15, 0.2) is 6.04 Å². The smallest absolute Gasteiger partial charge is 0.329 e. The Hall–Kier alpha value is -2.64. The van der Waals surface area contributed by atoms with Crippen LogP contribution >= 0.6 is 0 Å². The standard InChI is InChI=1S/C12H14N2O6/c1-7-5-9(3-4-11(7)14(18)19)20-6-10(12(16)17)13-8(2)15/h3-5,10H,6H2,1-2H3,(H,13,15)(H,16,17). The molecule has 0 bridgehead atoms. The molecular weight excluding hydrogens is 268 g/mol. The minimum atomic E-state index is -1.22. The Labute approximate surface area is 114 Å². The molecule has 0 aliphatic heterocycles. The lowest BCUT2D eigenvalue weighted by Crippen LogP contribution is -2.43. The molecule has 0 aromatic heterocycles. The van der Waals surface area contributed by atoms with E-state index in [4.69, 9.17) is 9.84 Å². The first kappa shape index (κ1) is 15.4. The maximum absolute atomic E-state index is 10.9. The SMILES string of the molecule is CC(=O)NC(COc1ccc([N+](=O)[O-])c(C)c1)C(=O)O. The summed E-state index contributed by atoms with van der Waals surface area (Å²) in [6.07, 6.45) is 0. The van der Waals surface area contributed by atoms with Gasteiger partial charge in [0, 0.05) is 18.6 Å². The molecule has 0 saturated carbocycles. The highest BCUT2D eigenvalue weighted by atomic mass is 16.6. The summed E-state index contributed by atoms with van der Waals surface area (Å²) in [7, 11) is 0. The van der Waals surface area contributed by atoms with Crippen molar-refractivity contribution < 1.29 is 24.4 Å². The summed E-state index contributed by atoms with van der Waals surface area (Å²) in [5.74, 6) is -1.41. The number of hydrogen-bond acceptors (Lipinski definition) is 5. The van der Waals surface area contributed by atoms with E-state index in [2.05, 4.69) is 5.32 Å². The molecule has 0 aliphatic rings. The third-order valence-electron chi connectivity index (χ3n) is 2.46. The highest BCUT2D eigenvalue weighted by molar-refractivity contribution is 5.82. The van der Waals surface area contributed by atoms with Gasteiger partial charge in [-0.1, -0.05) is 0 Å². The molecule has 0 radical (unpaired) electrons. The van der Waals surface area contributed by atoms with E-state index in [0.29, 0.717) is 11.3 Å². The van der Waals surface area contributed by atoms with E-state index in [1.165, 1.54) is 25.1 Å². The molecule has 0 aliphatic carbocycles. The molecule has 20 heavy (non-hydrogen) atoms. The first-order chi connectivity index (χ1) is 9.31. The molecule has 8 nitrogen and oxygen atoms in total. The van der Waals surface area contributed by atoms with Crippen LogP contribution in [-0.2, 0) is 9.59 Å². The van der Waals surface area contributed by atoms with Crippen LogP contribution in [0.2, 0.25) is 0 Å². The molecule has 1 unspecified atom stereocenters. The number of hydrogen-bond donors (Lipinski definition) is 2. The van der Waals surface area contributed by atoms with Crippen molar-refractivity contribution >= 4 is 17.6 Å². The van der Waals surface area contributed by atoms with E-state index in [1.54, 1.807) is 6.92 Å². The summed E-state index contributed by atoms with van der Waals surface area (Å²) in [5, 5.41) is 21.8. The second kappa shape index (κ2) is 6.50. The number of nitrogens with zero attached hydrogens (tertiary/aromatic N) is 1. The number of aliphatic carboxylic acids is 1. The molecule has 108 valence electrons. The van der Waals surface area contributed by atoms with E-state index in [9.17, 15) is 19.7 Å². The van der Waals surface area contributed by atoms with Gasteiger partial charge in [-0.25, -0.2) is 4.79 Å². The maximum atomic E-state index is 10.9. The number of nitrogens with one attached hydrogen (secondary N) is 1. The number of carbonyl (C=O) groups is 2. The first-order valence-corrected chi connectivity index (χ1v) is 5.69. The number of ether oxygens (including phenoxy) is 1. The van der Waals surface area contributed by atoms with Crippen LogP contribution in [0.3, 0.4) is 0 Å². The van der Waals surface area contributed by atoms with E-state index < -0.39 is 22.8 Å². The Kier molecular flexibility index (Phi) is 5.01. The van der Waals surface area contributed by atoms with Gasteiger partial charge in [-0.05, 0) is 19.1 Å². The van der Waals surface area contributed by atoms with Crippen LogP contribution < -0.4 is 10.1 Å². The largest absolute Gasteiger partial charge is 0.491 e. The summed E-state index contributed by atoms with van der Waals surface area (Å²) in [6, 6.07) is 2.91. The van der Waals surface area contributed by atoms with Gasteiger partial charge in [-0.15, -0.1) is 0 Å². The molecule has 1 atom stereocenters. The van der Waals surface area contributed by atoms with E-state index >= 15 is 0 Å². The second-order valence-corrected chi connectivity index (χ2v) is 4.11. The number of nitro benzene ring substituents is 1. The highest BCUT2D eigenvalue weighted by Crippen LogP contribution is 2.23. The molecule has 1 aromatic rings. The van der Waals surface area contributed by atoms with Crippen molar-refractivity contribution in [3.05, 3.63) is 33.9 Å². The van der Waals surface area contributed by atoms with Crippen LogP contribution in [0.4, 0.5) is 5.69 Å². The molecule has 1 rings (SSSR count). The number of carbonyl (C=O) groups excluding carboxylic acids is 1. The number of amides is 1.